The number of nitrogens with two attached hydrogens (primary N) is 1. The van der Waals surface area contributed by atoms with E-state index in [0.29, 0.717) is 23.9 Å². The standard InChI is InChI=1S/C12H13N3O2/c13-12-6-14-10(5-15-12)8-17-11-3-1-2-9(4-11)7-16/h1-6,16H,7-8H2,(H2,13,15). The molecule has 88 valence electrons. The van der Waals surface area contributed by atoms with Gasteiger partial charge in [0, 0.05) is 0 Å². The normalized spacial score (nSPS) is 10.2. The van der Waals surface area contributed by atoms with Crippen LogP contribution in [0.1, 0.15) is 11.3 Å². The number of aliphatic hydroxyl groups excluding tert-OH is 1. The van der Waals surface area contributed by atoms with Gasteiger partial charge in [0.1, 0.15) is 18.2 Å². The molecule has 2 rings (SSSR count). The highest BCUT2D eigenvalue weighted by Gasteiger charge is 1.99. The van der Waals surface area contributed by atoms with E-state index < -0.39 is 0 Å². The van der Waals surface area contributed by atoms with Gasteiger partial charge >= 0.3 is 0 Å². The average molecular weight is 231 g/mol. The van der Waals surface area contributed by atoms with Crippen molar-refractivity contribution >= 4 is 5.82 Å². The van der Waals surface area contributed by atoms with Crippen LogP contribution in [-0.2, 0) is 13.2 Å². The Labute approximate surface area is 98.9 Å². The minimum Gasteiger partial charge on any atom is -0.487 e. The maximum absolute atomic E-state index is 8.99. The highest BCUT2D eigenvalue weighted by Crippen LogP contribution is 2.14. The Hall–Kier alpha value is -2.14. The Morgan fingerprint density at radius 1 is 1.24 bits per heavy atom. The molecule has 0 bridgehead atoms. The molecule has 1 aromatic carbocycles. The van der Waals surface area contributed by atoms with Gasteiger partial charge in [-0.05, 0) is 17.7 Å². The molecule has 3 N–H and O–H groups in total. The van der Waals surface area contributed by atoms with Gasteiger partial charge in [0.2, 0.25) is 0 Å². The molecule has 0 spiro atoms. The lowest BCUT2D eigenvalue weighted by Crippen LogP contribution is -2.01. The maximum Gasteiger partial charge on any atom is 0.141 e. The lowest BCUT2D eigenvalue weighted by atomic mass is 10.2. The van der Waals surface area contributed by atoms with E-state index in [1.54, 1.807) is 12.3 Å². The van der Waals surface area contributed by atoms with E-state index in [9.17, 15) is 0 Å². The minimum atomic E-state index is -0.00111. The van der Waals surface area contributed by atoms with Crippen LogP contribution in [0.25, 0.3) is 0 Å². The van der Waals surface area contributed by atoms with Crippen molar-refractivity contribution in [2.75, 3.05) is 5.73 Å². The molecule has 0 radical (unpaired) electrons. The molecule has 0 aliphatic carbocycles. The van der Waals surface area contributed by atoms with Crippen LogP contribution >= 0.6 is 0 Å². The number of ether oxygens (including phenoxy) is 1. The lowest BCUT2D eigenvalue weighted by Gasteiger charge is -2.06. The Bertz CT molecular complexity index is 485. The first-order valence-electron chi connectivity index (χ1n) is 5.17. The van der Waals surface area contributed by atoms with Gasteiger partial charge in [0.25, 0.3) is 0 Å². The number of hydrogen-bond donors (Lipinski definition) is 2. The number of anilines is 1. The Balaban J connectivity index is 1.99. The van der Waals surface area contributed by atoms with Gasteiger partial charge in [-0.25, -0.2) is 4.98 Å². The first kappa shape index (κ1) is 11.3. The van der Waals surface area contributed by atoms with E-state index in [1.807, 2.05) is 18.2 Å². The van der Waals surface area contributed by atoms with Gasteiger partial charge in [-0.15, -0.1) is 0 Å². The van der Waals surface area contributed by atoms with Crippen LogP contribution in [0.4, 0.5) is 5.82 Å². The zero-order valence-electron chi connectivity index (χ0n) is 9.21. The molecule has 0 fully saturated rings. The topological polar surface area (TPSA) is 81.3 Å². The fourth-order valence-electron chi connectivity index (χ4n) is 1.33. The van der Waals surface area contributed by atoms with Gasteiger partial charge < -0.3 is 15.6 Å². The monoisotopic (exact) mass is 231 g/mol. The predicted molar refractivity (Wildman–Crippen MR) is 63.1 cm³/mol. The van der Waals surface area contributed by atoms with E-state index in [1.165, 1.54) is 6.20 Å². The van der Waals surface area contributed by atoms with E-state index in [0.717, 1.165) is 5.56 Å². The zero-order chi connectivity index (χ0) is 12.1. The second-order valence-corrected chi connectivity index (χ2v) is 3.53. The Morgan fingerprint density at radius 2 is 2.12 bits per heavy atom. The first-order chi connectivity index (χ1) is 8.28. The molecule has 1 heterocycles. The second-order valence-electron chi connectivity index (χ2n) is 3.53. The third-order valence-electron chi connectivity index (χ3n) is 2.19. The lowest BCUT2D eigenvalue weighted by molar-refractivity contribution is 0.277. The van der Waals surface area contributed by atoms with Gasteiger partial charge in [0.05, 0.1) is 24.7 Å². The quantitative estimate of drug-likeness (QED) is 0.824. The number of hydrogen-bond acceptors (Lipinski definition) is 5. The van der Waals surface area contributed by atoms with Crippen LogP contribution in [-0.4, -0.2) is 15.1 Å². The van der Waals surface area contributed by atoms with Crippen molar-refractivity contribution < 1.29 is 9.84 Å². The van der Waals surface area contributed by atoms with Crippen LogP contribution in [0.15, 0.2) is 36.7 Å². The third kappa shape index (κ3) is 3.15. The molecular formula is C12H13N3O2. The zero-order valence-corrected chi connectivity index (χ0v) is 9.21. The highest BCUT2D eigenvalue weighted by molar-refractivity contribution is 5.28. The van der Waals surface area contributed by atoms with E-state index in [2.05, 4.69) is 9.97 Å². The molecule has 0 atom stereocenters. The van der Waals surface area contributed by atoms with Crippen molar-refractivity contribution in [3.05, 3.63) is 47.9 Å². The fourth-order valence-corrected chi connectivity index (χ4v) is 1.33. The molecule has 0 aliphatic rings. The van der Waals surface area contributed by atoms with Crippen LogP contribution in [0.3, 0.4) is 0 Å². The molecule has 5 heteroatoms. The fraction of sp³-hybridized carbons (Fsp3) is 0.167. The van der Waals surface area contributed by atoms with Crippen molar-refractivity contribution in [1.29, 1.82) is 0 Å². The van der Waals surface area contributed by atoms with Crippen molar-refractivity contribution in [3.63, 3.8) is 0 Å². The molecule has 5 nitrogen and oxygen atoms in total. The summed E-state index contributed by atoms with van der Waals surface area (Å²) in [4.78, 5) is 7.99. The van der Waals surface area contributed by atoms with Gasteiger partial charge in [0.15, 0.2) is 0 Å². The van der Waals surface area contributed by atoms with Crippen LogP contribution in [0.5, 0.6) is 5.75 Å². The van der Waals surface area contributed by atoms with Crippen molar-refractivity contribution in [1.82, 2.24) is 9.97 Å². The number of aromatic nitrogens is 2. The Morgan fingerprint density at radius 3 is 2.82 bits per heavy atom. The van der Waals surface area contributed by atoms with E-state index in [4.69, 9.17) is 15.6 Å². The van der Waals surface area contributed by atoms with Crippen molar-refractivity contribution in [2.24, 2.45) is 0 Å². The first-order valence-corrected chi connectivity index (χ1v) is 5.17. The summed E-state index contributed by atoms with van der Waals surface area (Å²) >= 11 is 0. The number of nitrogens with zero attached hydrogens (tertiary/aromatic N) is 2. The van der Waals surface area contributed by atoms with E-state index >= 15 is 0 Å². The molecule has 0 saturated carbocycles. The largest absolute Gasteiger partial charge is 0.487 e. The maximum atomic E-state index is 8.99. The summed E-state index contributed by atoms with van der Waals surface area (Å²) in [7, 11) is 0. The summed E-state index contributed by atoms with van der Waals surface area (Å²) in [5, 5.41) is 8.99. The smallest absolute Gasteiger partial charge is 0.141 e. The number of aliphatic hydroxyl groups is 1. The van der Waals surface area contributed by atoms with Crippen LogP contribution < -0.4 is 10.5 Å². The Kier molecular flexibility index (Phi) is 3.52. The highest BCUT2D eigenvalue weighted by atomic mass is 16.5. The minimum absolute atomic E-state index is 0.00111. The molecule has 0 unspecified atom stereocenters. The second kappa shape index (κ2) is 5.27. The van der Waals surface area contributed by atoms with Crippen LogP contribution in [0.2, 0.25) is 0 Å². The molecule has 0 amide bonds. The predicted octanol–water partition coefficient (Wildman–Crippen LogP) is 1.13. The van der Waals surface area contributed by atoms with E-state index in [-0.39, 0.29) is 6.61 Å². The summed E-state index contributed by atoms with van der Waals surface area (Å²) < 4.78 is 5.52. The van der Waals surface area contributed by atoms with Crippen LogP contribution in [0, 0.1) is 0 Å². The summed E-state index contributed by atoms with van der Waals surface area (Å²) in [6.45, 7) is 0.320. The average Bonchev–Trinajstić information content (AvgIpc) is 2.38. The van der Waals surface area contributed by atoms with Gasteiger partial charge in [-0.2, -0.15) is 0 Å². The van der Waals surface area contributed by atoms with Gasteiger partial charge in [-0.3, -0.25) is 4.98 Å². The number of rotatable bonds is 4. The summed E-state index contributed by atoms with van der Waals surface area (Å²) in [5.74, 6) is 1.08. The van der Waals surface area contributed by atoms with Crippen molar-refractivity contribution in [3.8, 4) is 5.75 Å². The summed E-state index contributed by atoms with van der Waals surface area (Å²) in [6.07, 6.45) is 3.06. The number of nitrogen functional groups attached to an aromatic ring is 1. The number of benzene rings is 1. The molecule has 1 aromatic heterocycles. The molecular weight excluding hydrogens is 218 g/mol. The molecule has 17 heavy (non-hydrogen) atoms. The summed E-state index contributed by atoms with van der Waals surface area (Å²) in [5.41, 5.74) is 6.94. The summed E-state index contributed by atoms with van der Waals surface area (Å²) in [6, 6.07) is 7.26. The van der Waals surface area contributed by atoms with Crippen molar-refractivity contribution in [2.45, 2.75) is 13.2 Å². The molecule has 0 saturated heterocycles. The molecule has 0 aliphatic heterocycles. The third-order valence-corrected chi connectivity index (χ3v) is 2.19. The SMILES string of the molecule is Nc1cnc(COc2cccc(CO)c2)cn1. The van der Waals surface area contributed by atoms with Gasteiger partial charge in [-0.1, -0.05) is 12.1 Å². The molecule has 2 aromatic rings.